The van der Waals surface area contributed by atoms with E-state index in [1.807, 2.05) is 6.08 Å². The molecule has 1 saturated heterocycles. The van der Waals surface area contributed by atoms with Crippen LogP contribution in [0.2, 0.25) is 0 Å². The van der Waals surface area contributed by atoms with Crippen LogP contribution in [0.5, 0.6) is 0 Å². The molecule has 1 amide bonds. The van der Waals surface area contributed by atoms with E-state index in [1.54, 1.807) is 37.6 Å². The van der Waals surface area contributed by atoms with Crippen molar-refractivity contribution < 1.29 is 22.7 Å². The molecule has 0 radical (unpaired) electrons. The Balaban J connectivity index is 1.11. The van der Waals surface area contributed by atoms with Crippen LogP contribution in [0.25, 0.3) is 28.2 Å². The summed E-state index contributed by atoms with van der Waals surface area (Å²) in [6.07, 6.45) is 8.47. The van der Waals surface area contributed by atoms with Gasteiger partial charge in [0.2, 0.25) is 0 Å². The Morgan fingerprint density at radius 1 is 1.17 bits per heavy atom. The Morgan fingerprint density at radius 3 is 2.71 bits per heavy atom. The van der Waals surface area contributed by atoms with E-state index in [9.17, 15) is 18.0 Å². The van der Waals surface area contributed by atoms with E-state index in [2.05, 4.69) is 47.1 Å². The summed E-state index contributed by atoms with van der Waals surface area (Å²) in [5, 5.41) is 18.0. The molecule has 6 N–H and O–H groups in total. The molecular weight excluding hydrogens is 623 g/mol. The number of fused-ring (bicyclic) bond motifs is 1. The number of nitrogen functional groups attached to an aromatic ring is 1. The monoisotopic (exact) mass is 663 g/mol. The Morgan fingerprint density at radius 2 is 1.96 bits per heavy atom. The Bertz CT molecular complexity index is 1740. The van der Waals surface area contributed by atoms with E-state index < -0.39 is 17.6 Å². The number of hydrogen-bond donors (Lipinski definition) is 5. The van der Waals surface area contributed by atoms with E-state index in [0.717, 1.165) is 50.1 Å². The van der Waals surface area contributed by atoms with Crippen molar-refractivity contribution in [2.45, 2.75) is 56.6 Å². The van der Waals surface area contributed by atoms with Gasteiger partial charge in [0, 0.05) is 68.4 Å². The largest absolute Gasteiger partial charge is 0.416 e. The first-order valence-corrected chi connectivity index (χ1v) is 16.2. The van der Waals surface area contributed by atoms with Gasteiger partial charge in [-0.05, 0) is 37.1 Å². The molecule has 3 aromatic heterocycles. The summed E-state index contributed by atoms with van der Waals surface area (Å²) in [4.78, 5) is 23.4. The summed E-state index contributed by atoms with van der Waals surface area (Å²) in [7, 11) is 1.77. The summed E-state index contributed by atoms with van der Waals surface area (Å²) in [5.41, 5.74) is 8.48. The summed E-state index contributed by atoms with van der Waals surface area (Å²) in [6.45, 7) is 3.41. The van der Waals surface area contributed by atoms with E-state index >= 15 is 0 Å². The Labute approximate surface area is 276 Å². The van der Waals surface area contributed by atoms with Crippen LogP contribution in [0, 0.1) is 0 Å². The maximum atomic E-state index is 13.0. The number of rotatable bonds is 10. The van der Waals surface area contributed by atoms with Gasteiger partial charge in [0.05, 0.1) is 22.7 Å². The number of aromatic nitrogens is 4. The molecule has 0 spiro atoms. The lowest BCUT2D eigenvalue weighted by atomic mass is 9.95. The molecule has 1 unspecified atom stereocenters. The molecule has 1 saturated carbocycles. The lowest BCUT2D eigenvalue weighted by Gasteiger charge is -2.39. The number of ether oxygens (including phenoxy) is 1. The van der Waals surface area contributed by atoms with Gasteiger partial charge in [-0.15, -0.1) is 0 Å². The van der Waals surface area contributed by atoms with Gasteiger partial charge in [0.15, 0.2) is 0 Å². The average molecular weight is 664 g/mol. The number of H-pyrrole nitrogens is 1. The fourth-order valence-corrected chi connectivity index (χ4v) is 6.44. The molecule has 1 aliphatic heterocycles. The zero-order chi connectivity index (χ0) is 33.7. The van der Waals surface area contributed by atoms with Crippen molar-refractivity contribution in [3.63, 3.8) is 0 Å². The van der Waals surface area contributed by atoms with Crippen LogP contribution in [0.4, 0.5) is 24.8 Å². The highest BCUT2D eigenvalue weighted by Crippen LogP contribution is 2.33. The number of carbonyl (C=O) groups is 1. The summed E-state index contributed by atoms with van der Waals surface area (Å²) < 4.78 is 45.0. The van der Waals surface area contributed by atoms with Crippen molar-refractivity contribution >= 4 is 34.5 Å². The first-order chi connectivity index (χ1) is 23.2. The Hall–Kier alpha value is -4.37. The lowest BCUT2D eigenvalue weighted by molar-refractivity contribution is -0.137. The van der Waals surface area contributed by atoms with Crippen LogP contribution in [0.15, 0.2) is 54.9 Å². The van der Waals surface area contributed by atoms with Crippen LogP contribution in [-0.2, 0) is 10.9 Å². The number of methoxy groups -OCH3 is 1. The van der Waals surface area contributed by atoms with Crippen molar-refractivity contribution in [3.05, 3.63) is 71.6 Å². The third-order valence-electron chi connectivity index (χ3n) is 8.98. The first-order valence-electron chi connectivity index (χ1n) is 16.2. The number of halogens is 3. The highest BCUT2D eigenvalue weighted by atomic mass is 19.4. The zero-order valence-electron chi connectivity index (χ0n) is 26.7. The number of hydrogen-bond acceptors (Lipinski definition) is 9. The second kappa shape index (κ2) is 14.8. The van der Waals surface area contributed by atoms with Crippen molar-refractivity contribution in [3.8, 4) is 11.3 Å². The fourth-order valence-electron chi connectivity index (χ4n) is 6.44. The number of alkyl halides is 3. The van der Waals surface area contributed by atoms with Gasteiger partial charge in [-0.1, -0.05) is 43.5 Å². The number of carbonyl (C=O) groups excluding carboxylic acids is 1. The lowest BCUT2D eigenvalue weighted by Crippen LogP contribution is -2.61. The average Bonchev–Trinajstić information content (AvgIpc) is 3.55. The van der Waals surface area contributed by atoms with Crippen LogP contribution >= 0.6 is 0 Å². The highest BCUT2D eigenvalue weighted by molar-refractivity contribution is 6.05. The molecule has 2 aliphatic rings. The number of aromatic amines is 1. The first kappa shape index (κ1) is 33.5. The molecule has 0 bridgehead atoms. The smallest absolute Gasteiger partial charge is 0.383 e. The van der Waals surface area contributed by atoms with Gasteiger partial charge in [-0.3, -0.25) is 20.1 Å². The number of pyridine rings is 2. The van der Waals surface area contributed by atoms with Gasteiger partial charge in [0.1, 0.15) is 23.4 Å². The number of amides is 1. The van der Waals surface area contributed by atoms with Crippen LogP contribution in [0.1, 0.15) is 53.6 Å². The molecule has 4 heterocycles. The Kier molecular flexibility index (Phi) is 10.3. The van der Waals surface area contributed by atoms with Gasteiger partial charge < -0.3 is 21.1 Å². The van der Waals surface area contributed by atoms with E-state index in [-0.39, 0.29) is 23.7 Å². The summed E-state index contributed by atoms with van der Waals surface area (Å²) >= 11 is 0. The van der Waals surface area contributed by atoms with Crippen LogP contribution < -0.4 is 21.7 Å². The molecule has 2 fully saturated rings. The standard InChI is InChI=1S/C34H40F3N9O2/c1-48-33(42-25-7-3-2-4-8-25)26-20-46(17-15-39-26)16-5-6-23-19-41-31(38)28-29(44-45-30(23)28)21-9-11-22(12-10-21)32(47)43-27-18-24(13-14-40-27)34(35,36)37/h5-6,9-14,18-19,25-26,33,39,42H,2-4,7-8,15-17,20H2,1H3,(H2,38,41)(H,44,45)(H,40,43,47)/b6-5+/t26-,33?/m1/s1. The zero-order valence-corrected chi connectivity index (χ0v) is 26.7. The summed E-state index contributed by atoms with van der Waals surface area (Å²) in [5.74, 6) is -0.477. The SMILES string of the molecule is COC(NC1CCCCC1)[C@H]1CN(C/C=C/c2cnc(N)c3c(-c4ccc(C(=O)Nc5cc(C(F)(F)F)ccn5)cc4)[nH]nc23)CCN1. The number of nitrogens with zero attached hydrogens (tertiary/aromatic N) is 4. The third-order valence-corrected chi connectivity index (χ3v) is 8.98. The molecule has 254 valence electrons. The minimum absolute atomic E-state index is 0.0425. The normalized spacial score (nSPS) is 18.8. The fraction of sp³-hybridized carbons (Fsp3) is 0.412. The molecule has 48 heavy (non-hydrogen) atoms. The van der Waals surface area contributed by atoms with Gasteiger partial charge >= 0.3 is 6.18 Å². The molecule has 11 nitrogen and oxygen atoms in total. The molecular formula is C34H40F3N9O2. The number of nitrogens with two attached hydrogens (primary N) is 1. The highest BCUT2D eigenvalue weighted by Gasteiger charge is 2.31. The van der Waals surface area contributed by atoms with Gasteiger partial charge in [-0.2, -0.15) is 18.3 Å². The molecule has 6 rings (SSSR count). The number of nitrogens with one attached hydrogen (secondary N) is 4. The number of anilines is 2. The minimum atomic E-state index is -4.54. The maximum absolute atomic E-state index is 13.0. The molecule has 14 heteroatoms. The quantitative estimate of drug-likeness (QED) is 0.147. The maximum Gasteiger partial charge on any atom is 0.416 e. The van der Waals surface area contributed by atoms with Gasteiger partial charge in [-0.25, -0.2) is 9.97 Å². The second-order valence-electron chi connectivity index (χ2n) is 12.3. The molecule has 1 aliphatic carbocycles. The minimum Gasteiger partial charge on any atom is -0.383 e. The molecule has 1 aromatic carbocycles. The van der Waals surface area contributed by atoms with E-state index in [4.69, 9.17) is 10.5 Å². The number of piperazine rings is 1. The van der Waals surface area contributed by atoms with Crippen LogP contribution in [-0.4, -0.2) is 82.6 Å². The van der Waals surface area contributed by atoms with Crippen molar-refractivity contribution in [2.24, 2.45) is 0 Å². The van der Waals surface area contributed by atoms with Crippen molar-refractivity contribution in [1.29, 1.82) is 0 Å². The molecule has 4 aromatic rings. The summed E-state index contributed by atoms with van der Waals surface area (Å²) in [6, 6.07) is 8.88. The number of benzene rings is 1. The van der Waals surface area contributed by atoms with Gasteiger partial charge in [0.25, 0.3) is 5.91 Å². The predicted octanol–water partition coefficient (Wildman–Crippen LogP) is 5.06. The van der Waals surface area contributed by atoms with E-state index in [1.165, 1.54) is 32.1 Å². The van der Waals surface area contributed by atoms with E-state index in [0.29, 0.717) is 34.0 Å². The predicted molar refractivity (Wildman–Crippen MR) is 179 cm³/mol. The topological polar surface area (TPSA) is 146 Å². The van der Waals surface area contributed by atoms with Crippen molar-refractivity contribution in [1.82, 2.24) is 35.7 Å². The third kappa shape index (κ3) is 7.84. The second-order valence-corrected chi connectivity index (χ2v) is 12.3. The van der Waals surface area contributed by atoms with Crippen molar-refractivity contribution in [2.75, 3.05) is 44.3 Å². The van der Waals surface area contributed by atoms with Crippen LogP contribution in [0.3, 0.4) is 0 Å². The molecule has 2 atom stereocenters.